The van der Waals surface area contributed by atoms with Crippen molar-refractivity contribution in [2.75, 3.05) is 19.8 Å². The number of nitrogens with one attached hydrogen (secondary N) is 1. The van der Waals surface area contributed by atoms with Crippen LogP contribution in [0.15, 0.2) is 72.9 Å². The van der Waals surface area contributed by atoms with E-state index >= 15 is 0 Å². The molecule has 0 aromatic carbocycles. The number of allylic oxidation sites excluding steroid dienone is 11. The molecule has 2 rings (SSSR count). The van der Waals surface area contributed by atoms with Crippen LogP contribution >= 0.6 is 0 Å². The van der Waals surface area contributed by atoms with E-state index in [1.165, 1.54) is 57.8 Å². The number of carbonyl (C=O) groups is 1. The first kappa shape index (κ1) is 61.5. The van der Waals surface area contributed by atoms with Crippen molar-refractivity contribution < 1.29 is 64.6 Å². The first-order valence-electron chi connectivity index (χ1n) is 26.2. The van der Waals surface area contributed by atoms with Gasteiger partial charge >= 0.3 is 0 Å². The minimum absolute atomic E-state index is 0.255. The van der Waals surface area contributed by atoms with E-state index in [-0.39, 0.29) is 18.9 Å². The fraction of sp³-hybridized carbons (Fsp3) is 0.759. The lowest BCUT2D eigenvalue weighted by Gasteiger charge is -2.46. The Balaban J connectivity index is 1.83. The third kappa shape index (κ3) is 26.6. The summed E-state index contributed by atoms with van der Waals surface area (Å²) in [5, 5.41) is 86.8. The summed E-state index contributed by atoms with van der Waals surface area (Å²) in [6.45, 7) is 2.63. The van der Waals surface area contributed by atoms with Gasteiger partial charge in [0.1, 0.15) is 48.8 Å². The Morgan fingerprint density at radius 1 is 0.544 bits per heavy atom. The third-order valence-corrected chi connectivity index (χ3v) is 12.4. The molecule has 0 aliphatic carbocycles. The molecule has 68 heavy (non-hydrogen) atoms. The molecule has 2 aliphatic heterocycles. The van der Waals surface area contributed by atoms with Gasteiger partial charge in [0.25, 0.3) is 0 Å². The predicted molar refractivity (Wildman–Crippen MR) is 267 cm³/mol. The monoisotopic (exact) mass is 964 g/mol. The topological polar surface area (TPSA) is 228 Å². The lowest BCUT2D eigenvalue weighted by molar-refractivity contribution is -0.359. The molecule has 392 valence electrons. The number of hydrogen-bond acceptors (Lipinski definition) is 13. The quantitative estimate of drug-likeness (QED) is 0.0220. The number of aliphatic hydroxyl groups is 8. The SMILES string of the molecule is CC/C=C\C/C=C\C/C=C\C/C=C\C/C=C\CCCCCCCC(=O)NC(COC1OC(CO)C(OC2OC(CO)C(O)C(O)C2O)C(O)C1O)C(O)/C=C/CCCCCCCCCCCCC. The molecular formula is C54H93NO13. The Bertz CT molecular complexity index is 1420. The van der Waals surface area contributed by atoms with Crippen LogP contribution in [0.4, 0.5) is 0 Å². The van der Waals surface area contributed by atoms with Gasteiger partial charge in [-0.1, -0.05) is 170 Å². The van der Waals surface area contributed by atoms with Crippen molar-refractivity contribution in [1.82, 2.24) is 5.32 Å². The van der Waals surface area contributed by atoms with E-state index in [2.05, 4.69) is 79.9 Å². The van der Waals surface area contributed by atoms with Crippen molar-refractivity contribution in [1.29, 1.82) is 0 Å². The second-order valence-electron chi connectivity index (χ2n) is 18.3. The van der Waals surface area contributed by atoms with Crippen molar-refractivity contribution in [2.45, 2.75) is 242 Å². The second-order valence-corrected chi connectivity index (χ2v) is 18.3. The molecule has 12 unspecified atom stereocenters. The minimum Gasteiger partial charge on any atom is -0.394 e. The highest BCUT2D eigenvalue weighted by Gasteiger charge is 2.51. The van der Waals surface area contributed by atoms with Gasteiger partial charge in [-0.2, -0.15) is 0 Å². The minimum atomic E-state index is -1.79. The van der Waals surface area contributed by atoms with E-state index in [9.17, 15) is 45.6 Å². The maximum Gasteiger partial charge on any atom is 0.220 e. The predicted octanol–water partition coefficient (Wildman–Crippen LogP) is 7.21. The number of hydrogen-bond donors (Lipinski definition) is 9. The molecule has 14 nitrogen and oxygen atoms in total. The summed E-state index contributed by atoms with van der Waals surface area (Å²) in [4.78, 5) is 13.2. The van der Waals surface area contributed by atoms with E-state index in [0.29, 0.717) is 6.42 Å². The smallest absolute Gasteiger partial charge is 0.220 e. The molecule has 2 saturated heterocycles. The Labute approximate surface area is 408 Å². The van der Waals surface area contributed by atoms with Crippen LogP contribution in [0.3, 0.4) is 0 Å². The fourth-order valence-corrected chi connectivity index (χ4v) is 8.14. The number of unbranched alkanes of at least 4 members (excludes halogenated alkanes) is 16. The van der Waals surface area contributed by atoms with E-state index < -0.39 is 86.8 Å². The van der Waals surface area contributed by atoms with Crippen LogP contribution in [-0.4, -0.2) is 140 Å². The number of aliphatic hydroxyl groups excluding tert-OH is 8. The molecule has 1 amide bonds. The molecule has 0 aromatic heterocycles. The fourth-order valence-electron chi connectivity index (χ4n) is 8.14. The first-order valence-corrected chi connectivity index (χ1v) is 26.2. The lowest BCUT2D eigenvalue weighted by atomic mass is 9.97. The molecule has 0 bridgehead atoms. The normalized spacial score (nSPS) is 27.0. The molecule has 9 N–H and O–H groups in total. The van der Waals surface area contributed by atoms with Gasteiger partial charge in [0, 0.05) is 6.42 Å². The summed E-state index contributed by atoms with van der Waals surface area (Å²) in [7, 11) is 0. The first-order chi connectivity index (χ1) is 33.1. The number of amides is 1. The van der Waals surface area contributed by atoms with Crippen molar-refractivity contribution in [2.24, 2.45) is 0 Å². The zero-order valence-electron chi connectivity index (χ0n) is 41.6. The highest BCUT2D eigenvalue weighted by atomic mass is 16.7. The molecule has 0 saturated carbocycles. The van der Waals surface area contributed by atoms with Crippen LogP contribution in [0.5, 0.6) is 0 Å². The Kier molecular flexibility index (Phi) is 36.3. The second kappa shape index (κ2) is 40.1. The van der Waals surface area contributed by atoms with E-state index in [1.807, 2.05) is 6.08 Å². The standard InChI is InChI=1S/C54H93NO13/c1-3-5-7-9-11-13-15-17-18-19-20-21-22-23-24-26-28-30-32-34-36-38-46(59)55-42(43(58)37-35-33-31-29-27-25-16-14-12-10-8-6-4-2)41-65-53-51(64)49(62)52(45(40-57)67-53)68-54-50(63)48(61)47(60)44(39-56)66-54/h5,7,11,13,17-18,20-21,23-24,35,37,42-45,47-54,56-58,60-64H,3-4,6,8-10,12,14-16,19,22,25-34,36,38-41H2,1-2H3,(H,55,59)/b7-5-,13-11-,18-17-,21-20-,24-23-,37-35+. The molecule has 14 heteroatoms. The van der Waals surface area contributed by atoms with Gasteiger partial charge in [0.15, 0.2) is 12.6 Å². The van der Waals surface area contributed by atoms with Crippen LogP contribution in [0, 0.1) is 0 Å². The summed E-state index contributed by atoms with van der Waals surface area (Å²) in [5.74, 6) is -0.262. The van der Waals surface area contributed by atoms with Crippen LogP contribution in [0.25, 0.3) is 0 Å². The zero-order valence-corrected chi connectivity index (χ0v) is 41.6. The van der Waals surface area contributed by atoms with Gasteiger partial charge in [-0.25, -0.2) is 0 Å². The summed E-state index contributed by atoms with van der Waals surface area (Å²) < 4.78 is 22.7. The average molecular weight is 964 g/mol. The third-order valence-electron chi connectivity index (χ3n) is 12.4. The summed E-state index contributed by atoms with van der Waals surface area (Å²) in [6.07, 6.45) is 33.6. The molecule has 2 aliphatic rings. The van der Waals surface area contributed by atoms with Crippen LogP contribution < -0.4 is 5.32 Å². The maximum atomic E-state index is 13.2. The zero-order chi connectivity index (χ0) is 49.6. The van der Waals surface area contributed by atoms with Crippen molar-refractivity contribution >= 4 is 5.91 Å². The van der Waals surface area contributed by atoms with E-state index in [4.69, 9.17) is 18.9 Å². The average Bonchev–Trinajstić information content (AvgIpc) is 3.34. The summed E-state index contributed by atoms with van der Waals surface area (Å²) in [5.41, 5.74) is 0. The molecule has 0 aromatic rings. The maximum absolute atomic E-state index is 13.2. The van der Waals surface area contributed by atoms with Gasteiger partial charge in [-0.3, -0.25) is 4.79 Å². The van der Waals surface area contributed by atoms with Crippen molar-refractivity contribution in [3.8, 4) is 0 Å². The van der Waals surface area contributed by atoms with Gasteiger partial charge in [-0.05, 0) is 64.2 Å². The molecule has 12 atom stereocenters. The highest BCUT2D eigenvalue weighted by Crippen LogP contribution is 2.30. The van der Waals surface area contributed by atoms with Gasteiger partial charge < -0.3 is 65.1 Å². The van der Waals surface area contributed by atoms with Crippen LogP contribution in [0.1, 0.15) is 168 Å². The van der Waals surface area contributed by atoms with Crippen molar-refractivity contribution in [3.05, 3.63) is 72.9 Å². The van der Waals surface area contributed by atoms with Crippen molar-refractivity contribution in [3.63, 3.8) is 0 Å². The van der Waals surface area contributed by atoms with Crippen LogP contribution in [0.2, 0.25) is 0 Å². The largest absolute Gasteiger partial charge is 0.394 e. The Morgan fingerprint density at radius 2 is 1.01 bits per heavy atom. The molecule has 2 heterocycles. The van der Waals surface area contributed by atoms with Gasteiger partial charge in [0.2, 0.25) is 5.91 Å². The van der Waals surface area contributed by atoms with Gasteiger partial charge in [0.05, 0.1) is 32.0 Å². The summed E-state index contributed by atoms with van der Waals surface area (Å²) >= 11 is 0. The number of rotatable bonds is 39. The van der Waals surface area contributed by atoms with E-state index in [0.717, 1.165) is 83.5 Å². The molecular weight excluding hydrogens is 871 g/mol. The Morgan fingerprint density at radius 3 is 1.56 bits per heavy atom. The molecule has 2 fully saturated rings. The summed E-state index contributed by atoms with van der Waals surface area (Å²) in [6, 6.07) is -0.928. The Hall–Kier alpha value is -2.57. The highest BCUT2D eigenvalue weighted by molar-refractivity contribution is 5.76. The number of ether oxygens (including phenoxy) is 4. The number of carbonyl (C=O) groups excluding carboxylic acids is 1. The molecule has 0 spiro atoms. The van der Waals surface area contributed by atoms with Gasteiger partial charge in [-0.15, -0.1) is 0 Å². The van der Waals surface area contributed by atoms with E-state index in [1.54, 1.807) is 6.08 Å². The lowest BCUT2D eigenvalue weighted by Crippen LogP contribution is -2.65. The molecule has 0 radical (unpaired) electrons. The van der Waals surface area contributed by atoms with Crippen LogP contribution in [-0.2, 0) is 23.7 Å².